The van der Waals surface area contributed by atoms with Gasteiger partial charge in [-0.3, -0.25) is 9.59 Å². The van der Waals surface area contributed by atoms with Crippen LogP contribution in [0.2, 0.25) is 0 Å². The van der Waals surface area contributed by atoms with E-state index >= 15 is 0 Å². The first-order chi connectivity index (χ1) is 13.3. The van der Waals surface area contributed by atoms with Gasteiger partial charge in [0, 0.05) is 31.7 Å². The Bertz CT molecular complexity index is 697. The predicted molar refractivity (Wildman–Crippen MR) is 107 cm³/mol. The summed E-state index contributed by atoms with van der Waals surface area (Å²) in [6.07, 6.45) is 0.218. The van der Waals surface area contributed by atoms with E-state index in [4.69, 9.17) is 4.74 Å². The van der Waals surface area contributed by atoms with Gasteiger partial charge < -0.3 is 19.9 Å². The largest absolute Gasteiger partial charge is 0.450 e. The average Bonchev–Trinajstić information content (AvgIpc) is 2.67. The fourth-order valence-electron chi connectivity index (χ4n) is 3.30. The first-order valence-corrected chi connectivity index (χ1v) is 9.90. The maximum absolute atomic E-state index is 13.1. The molecule has 0 radical (unpaired) electrons. The lowest BCUT2D eigenvalue weighted by atomic mass is 10.0. The van der Waals surface area contributed by atoms with E-state index < -0.39 is 6.04 Å². The van der Waals surface area contributed by atoms with Crippen LogP contribution < -0.4 is 5.32 Å². The van der Waals surface area contributed by atoms with Gasteiger partial charge >= 0.3 is 6.09 Å². The molecule has 1 unspecified atom stereocenters. The van der Waals surface area contributed by atoms with Crippen LogP contribution in [0.25, 0.3) is 0 Å². The van der Waals surface area contributed by atoms with Crippen LogP contribution >= 0.6 is 0 Å². The highest BCUT2D eigenvalue weighted by atomic mass is 16.6. The van der Waals surface area contributed by atoms with Gasteiger partial charge in [-0.15, -0.1) is 0 Å². The van der Waals surface area contributed by atoms with Gasteiger partial charge in [0.05, 0.1) is 6.61 Å². The highest BCUT2D eigenvalue weighted by Crippen LogP contribution is 2.13. The Labute approximate surface area is 167 Å². The molecule has 1 N–H and O–H groups in total. The number of nitrogens with zero attached hydrogens (tertiary/aromatic N) is 2. The maximum Gasteiger partial charge on any atom is 0.409 e. The van der Waals surface area contributed by atoms with Gasteiger partial charge in [-0.25, -0.2) is 4.79 Å². The van der Waals surface area contributed by atoms with Crippen LogP contribution in [0.4, 0.5) is 4.79 Å². The molecule has 7 nitrogen and oxygen atoms in total. The standard InChI is InChI=1S/C21H31N3O4/c1-5-28-21(27)24-12-10-23(11-13-24)20(26)18(14-15(2)3)22-19(25)17-9-7-6-8-16(17)4/h6-9,15,18H,5,10-14H2,1-4H3,(H,22,25). The molecule has 1 atom stereocenters. The van der Waals surface area contributed by atoms with E-state index in [0.29, 0.717) is 44.8 Å². The van der Waals surface area contributed by atoms with Crippen LogP contribution in [0.5, 0.6) is 0 Å². The average molecular weight is 389 g/mol. The number of nitrogens with one attached hydrogen (secondary N) is 1. The number of rotatable bonds is 6. The number of hydrogen-bond acceptors (Lipinski definition) is 4. The Morgan fingerprint density at radius 2 is 1.68 bits per heavy atom. The van der Waals surface area contributed by atoms with Gasteiger partial charge in [0.25, 0.3) is 5.91 Å². The Morgan fingerprint density at radius 3 is 2.25 bits per heavy atom. The molecule has 1 fully saturated rings. The van der Waals surface area contributed by atoms with Crippen molar-refractivity contribution in [2.75, 3.05) is 32.8 Å². The molecule has 1 heterocycles. The number of carbonyl (C=O) groups is 3. The van der Waals surface area contributed by atoms with E-state index in [1.807, 2.05) is 39.0 Å². The third-order valence-electron chi connectivity index (χ3n) is 4.82. The van der Waals surface area contributed by atoms with Crippen molar-refractivity contribution in [1.29, 1.82) is 0 Å². The zero-order valence-electron chi connectivity index (χ0n) is 17.2. The molecule has 7 heteroatoms. The SMILES string of the molecule is CCOC(=O)N1CCN(C(=O)C(CC(C)C)NC(=O)c2ccccc2C)CC1. The van der Waals surface area contributed by atoms with E-state index in [1.165, 1.54) is 0 Å². The van der Waals surface area contributed by atoms with Crippen molar-refractivity contribution in [1.82, 2.24) is 15.1 Å². The molecule has 1 saturated heterocycles. The van der Waals surface area contributed by atoms with Crippen LogP contribution in [-0.2, 0) is 9.53 Å². The van der Waals surface area contributed by atoms with Gasteiger partial charge in [0.15, 0.2) is 0 Å². The van der Waals surface area contributed by atoms with Gasteiger partial charge in [-0.2, -0.15) is 0 Å². The Balaban J connectivity index is 2.02. The number of hydrogen-bond donors (Lipinski definition) is 1. The summed E-state index contributed by atoms with van der Waals surface area (Å²) in [6.45, 7) is 9.78. The third kappa shape index (κ3) is 5.71. The van der Waals surface area contributed by atoms with Crippen molar-refractivity contribution in [2.24, 2.45) is 5.92 Å². The molecule has 1 aliphatic rings. The molecular weight excluding hydrogens is 358 g/mol. The van der Waals surface area contributed by atoms with Crippen molar-refractivity contribution >= 4 is 17.9 Å². The fourth-order valence-corrected chi connectivity index (χ4v) is 3.30. The smallest absolute Gasteiger partial charge is 0.409 e. The van der Waals surface area contributed by atoms with Crippen LogP contribution in [0.1, 0.15) is 43.1 Å². The zero-order chi connectivity index (χ0) is 20.7. The number of carbonyl (C=O) groups excluding carboxylic acids is 3. The lowest BCUT2D eigenvalue weighted by molar-refractivity contribution is -0.135. The molecule has 0 spiro atoms. The van der Waals surface area contributed by atoms with Crippen molar-refractivity contribution in [3.8, 4) is 0 Å². The molecular formula is C21H31N3O4. The summed E-state index contributed by atoms with van der Waals surface area (Å²) in [5.41, 5.74) is 1.45. The lowest BCUT2D eigenvalue weighted by Crippen LogP contribution is -2.56. The summed E-state index contributed by atoms with van der Waals surface area (Å²) in [4.78, 5) is 40.9. The number of amides is 3. The Hall–Kier alpha value is -2.57. The minimum absolute atomic E-state index is 0.0980. The number of aryl methyl sites for hydroxylation is 1. The molecule has 0 saturated carbocycles. The highest BCUT2D eigenvalue weighted by Gasteiger charge is 2.31. The molecule has 1 aromatic carbocycles. The van der Waals surface area contributed by atoms with Crippen molar-refractivity contribution < 1.29 is 19.1 Å². The van der Waals surface area contributed by atoms with Crippen molar-refractivity contribution in [2.45, 2.75) is 40.2 Å². The molecule has 0 aliphatic carbocycles. The summed E-state index contributed by atoms with van der Waals surface area (Å²) in [5, 5.41) is 2.92. The van der Waals surface area contributed by atoms with Crippen LogP contribution in [0.3, 0.4) is 0 Å². The molecule has 154 valence electrons. The van der Waals surface area contributed by atoms with Crippen LogP contribution in [0, 0.1) is 12.8 Å². The van der Waals surface area contributed by atoms with Gasteiger partial charge in [-0.05, 0) is 37.8 Å². The third-order valence-corrected chi connectivity index (χ3v) is 4.82. The summed E-state index contributed by atoms with van der Waals surface area (Å²) in [6, 6.07) is 6.76. The lowest BCUT2D eigenvalue weighted by Gasteiger charge is -2.36. The van der Waals surface area contributed by atoms with Crippen molar-refractivity contribution in [3.63, 3.8) is 0 Å². The first-order valence-electron chi connectivity index (χ1n) is 9.90. The summed E-state index contributed by atoms with van der Waals surface area (Å²) < 4.78 is 5.02. The van der Waals surface area contributed by atoms with E-state index in [-0.39, 0.29) is 23.8 Å². The molecule has 1 aliphatic heterocycles. The van der Waals surface area contributed by atoms with E-state index in [2.05, 4.69) is 5.32 Å². The zero-order valence-corrected chi connectivity index (χ0v) is 17.2. The van der Waals surface area contributed by atoms with Crippen LogP contribution in [0.15, 0.2) is 24.3 Å². The van der Waals surface area contributed by atoms with Crippen LogP contribution in [-0.4, -0.2) is 66.5 Å². The molecule has 3 amide bonds. The monoisotopic (exact) mass is 389 g/mol. The normalized spacial score (nSPS) is 15.3. The first kappa shape index (κ1) is 21.7. The van der Waals surface area contributed by atoms with Gasteiger partial charge in [0.2, 0.25) is 5.91 Å². The molecule has 0 bridgehead atoms. The number of benzene rings is 1. The predicted octanol–water partition coefficient (Wildman–Crippen LogP) is 2.44. The van der Waals surface area contributed by atoms with E-state index in [1.54, 1.807) is 22.8 Å². The Kier molecular flexibility index (Phi) is 7.84. The summed E-state index contributed by atoms with van der Waals surface area (Å²) in [7, 11) is 0. The highest BCUT2D eigenvalue weighted by molar-refractivity contribution is 5.98. The minimum atomic E-state index is -0.582. The second-order valence-electron chi connectivity index (χ2n) is 7.48. The van der Waals surface area contributed by atoms with E-state index in [0.717, 1.165) is 5.56 Å². The van der Waals surface area contributed by atoms with Gasteiger partial charge in [-0.1, -0.05) is 32.0 Å². The second kappa shape index (κ2) is 10.1. The van der Waals surface area contributed by atoms with E-state index in [9.17, 15) is 14.4 Å². The minimum Gasteiger partial charge on any atom is -0.450 e. The molecule has 1 aromatic rings. The number of piperazine rings is 1. The number of ether oxygens (including phenoxy) is 1. The maximum atomic E-state index is 13.1. The quantitative estimate of drug-likeness (QED) is 0.811. The fraction of sp³-hybridized carbons (Fsp3) is 0.571. The topological polar surface area (TPSA) is 79.0 Å². The second-order valence-corrected chi connectivity index (χ2v) is 7.48. The summed E-state index contributed by atoms with van der Waals surface area (Å²) >= 11 is 0. The summed E-state index contributed by atoms with van der Waals surface area (Å²) in [5.74, 6) is -0.0756. The molecule has 28 heavy (non-hydrogen) atoms. The molecule has 2 rings (SSSR count). The Morgan fingerprint density at radius 1 is 1.07 bits per heavy atom. The van der Waals surface area contributed by atoms with Crippen molar-refractivity contribution in [3.05, 3.63) is 35.4 Å². The molecule has 0 aromatic heterocycles. The van der Waals surface area contributed by atoms with Gasteiger partial charge in [0.1, 0.15) is 6.04 Å².